The third kappa shape index (κ3) is 4.58. The van der Waals surface area contributed by atoms with E-state index in [9.17, 15) is 19.2 Å². The van der Waals surface area contributed by atoms with E-state index in [0.717, 1.165) is 67.4 Å². The van der Waals surface area contributed by atoms with Crippen LogP contribution in [0.4, 0.5) is 11.4 Å². The molecule has 0 aliphatic carbocycles. The number of carbonyl (C=O) groups excluding carboxylic acids is 4. The van der Waals surface area contributed by atoms with Crippen LogP contribution in [-0.2, 0) is 6.42 Å². The van der Waals surface area contributed by atoms with E-state index in [0.29, 0.717) is 44.4 Å². The van der Waals surface area contributed by atoms with Gasteiger partial charge in [0, 0.05) is 33.0 Å². The van der Waals surface area contributed by atoms with Crippen LogP contribution in [0.5, 0.6) is 0 Å². The highest BCUT2D eigenvalue weighted by Gasteiger charge is 2.39. The molecule has 0 N–H and O–H groups in total. The molecule has 0 saturated carbocycles. The molecule has 2 aliphatic heterocycles. The molecule has 7 aromatic rings. The Morgan fingerprint density at radius 3 is 1.20 bits per heavy atom. The molecule has 7 aromatic carbocycles. The summed E-state index contributed by atoms with van der Waals surface area (Å²) in [4.78, 5) is 60.9. The van der Waals surface area contributed by atoms with Gasteiger partial charge < -0.3 is 0 Å². The molecule has 0 atom stereocenters. The molecule has 4 amide bonds. The molecule has 54 heavy (non-hydrogen) atoms. The maximum absolute atomic E-state index is 14.5. The lowest BCUT2D eigenvalue weighted by atomic mass is 9.82. The average molecular weight is 711 g/mol. The number of hydrogen-bond donors (Lipinski definition) is 0. The Bertz CT molecular complexity index is 2690. The van der Waals surface area contributed by atoms with E-state index in [2.05, 4.69) is 66.7 Å². The first kappa shape index (κ1) is 33.9. The number of amides is 4. The molecule has 9 rings (SSSR count). The van der Waals surface area contributed by atoms with Crippen LogP contribution in [0.2, 0.25) is 0 Å². The van der Waals surface area contributed by atoms with Crippen LogP contribution in [0.3, 0.4) is 0 Å². The van der Waals surface area contributed by atoms with Gasteiger partial charge in [-0.3, -0.25) is 19.2 Å². The minimum absolute atomic E-state index is 0.103. The van der Waals surface area contributed by atoms with E-state index in [1.54, 1.807) is 0 Å². The summed E-state index contributed by atoms with van der Waals surface area (Å²) in [6.07, 6.45) is 1.81. The standard InChI is InChI=1S/C48H42N2O4/c1-8-9-27-10-12-29(25(4)5)39(22-27)49-45(51)35-18-14-31-33-16-20-37-44-38(21-17-34(42(33)44)32-15-19-36(46(49)52)43(35)41(31)32)48(54)50(47(37)53)40-23-28(24(2)3)11-13-30(40)26(6)7/h10-26H,8-9H2,1-7H3. The maximum atomic E-state index is 14.5. The Morgan fingerprint density at radius 1 is 0.444 bits per heavy atom. The summed E-state index contributed by atoms with van der Waals surface area (Å²) in [6.45, 7) is 14.6. The van der Waals surface area contributed by atoms with E-state index in [1.807, 2.05) is 66.7 Å². The summed E-state index contributed by atoms with van der Waals surface area (Å²) in [5.41, 5.74) is 7.27. The number of benzene rings is 7. The first-order valence-electron chi connectivity index (χ1n) is 19.2. The highest BCUT2D eigenvalue weighted by Crippen LogP contribution is 2.48. The van der Waals surface area contributed by atoms with Crippen molar-refractivity contribution in [2.45, 2.75) is 79.1 Å². The second-order valence-electron chi connectivity index (χ2n) is 16.0. The molecule has 0 bridgehead atoms. The second kappa shape index (κ2) is 12.1. The Labute approximate surface area is 314 Å². The Hall–Kier alpha value is -5.88. The number of anilines is 2. The van der Waals surface area contributed by atoms with Crippen LogP contribution < -0.4 is 9.80 Å². The molecular formula is C48H42N2O4. The largest absolute Gasteiger partial charge is 0.268 e. The minimum atomic E-state index is -0.338. The smallest absolute Gasteiger partial charge is 0.265 e. The van der Waals surface area contributed by atoms with Gasteiger partial charge in [-0.1, -0.05) is 103 Å². The number of carbonyl (C=O) groups is 4. The zero-order valence-corrected chi connectivity index (χ0v) is 31.8. The molecule has 0 fully saturated rings. The number of hydrogen-bond acceptors (Lipinski definition) is 4. The van der Waals surface area contributed by atoms with Gasteiger partial charge in [0.25, 0.3) is 23.6 Å². The average Bonchev–Trinajstić information content (AvgIpc) is 3.15. The van der Waals surface area contributed by atoms with Gasteiger partial charge in [-0.2, -0.15) is 0 Å². The fraction of sp³-hybridized carbons (Fsp3) is 0.250. The highest BCUT2D eigenvalue weighted by molar-refractivity contribution is 6.45. The minimum Gasteiger partial charge on any atom is -0.268 e. The zero-order chi connectivity index (χ0) is 37.9. The predicted molar refractivity (Wildman–Crippen MR) is 219 cm³/mol. The molecule has 0 aromatic heterocycles. The zero-order valence-electron chi connectivity index (χ0n) is 31.8. The van der Waals surface area contributed by atoms with Crippen LogP contribution in [0, 0.1) is 0 Å². The van der Waals surface area contributed by atoms with Gasteiger partial charge in [0.05, 0.1) is 11.4 Å². The molecule has 0 saturated heterocycles. The Kier molecular flexibility index (Phi) is 7.58. The van der Waals surface area contributed by atoms with E-state index in [4.69, 9.17) is 0 Å². The van der Waals surface area contributed by atoms with Crippen molar-refractivity contribution in [2.24, 2.45) is 0 Å². The van der Waals surface area contributed by atoms with Crippen molar-refractivity contribution < 1.29 is 19.2 Å². The fourth-order valence-electron chi connectivity index (χ4n) is 9.02. The summed E-state index contributed by atoms with van der Waals surface area (Å²) in [6, 6.07) is 27.5. The summed E-state index contributed by atoms with van der Waals surface area (Å²) in [5.74, 6) is -0.898. The third-order valence-corrected chi connectivity index (χ3v) is 11.7. The molecule has 6 nitrogen and oxygen atoms in total. The van der Waals surface area contributed by atoms with Crippen LogP contribution in [-0.4, -0.2) is 23.6 Å². The van der Waals surface area contributed by atoms with Crippen molar-refractivity contribution in [2.75, 3.05) is 9.80 Å². The number of aryl methyl sites for hydroxylation is 1. The van der Waals surface area contributed by atoms with E-state index >= 15 is 0 Å². The van der Waals surface area contributed by atoms with E-state index in [-0.39, 0.29) is 41.4 Å². The summed E-state index contributed by atoms with van der Waals surface area (Å²) in [7, 11) is 0. The van der Waals surface area contributed by atoms with Crippen LogP contribution in [0.15, 0.2) is 84.9 Å². The van der Waals surface area contributed by atoms with Crippen molar-refractivity contribution >= 4 is 78.1 Å². The molecule has 2 aliphatic rings. The molecule has 0 spiro atoms. The van der Waals surface area contributed by atoms with Gasteiger partial charge in [0.2, 0.25) is 0 Å². The normalized spacial score (nSPS) is 14.6. The SMILES string of the molecule is CCCc1ccc(C(C)C)c(N2C(=O)c3ccc4c5ccc6c7c(ccc(c8ccc(c3c48)C2=O)c75)C(=O)N(c2cc(C(C)C)ccc2C(C)C)C6=O)c1. The van der Waals surface area contributed by atoms with Crippen molar-refractivity contribution in [1.29, 1.82) is 0 Å². The van der Waals surface area contributed by atoms with Crippen molar-refractivity contribution in [3.05, 3.63) is 129 Å². The molecule has 0 radical (unpaired) electrons. The first-order valence-corrected chi connectivity index (χ1v) is 19.2. The third-order valence-electron chi connectivity index (χ3n) is 11.7. The molecule has 6 heteroatoms. The summed E-state index contributed by atoms with van der Waals surface area (Å²) >= 11 is 0. The van der Waals surface area contributed by atoms with Gasteiger partial charge in [0.15, 0.2) is 0 Å². The molecule has 268 valence electrons. The quantitative estimate of drug-likeness (QED) is 0.0937. The predicted octanol–water partition coefficient (Wildman–Crippen LogP) is 11.7. The Morgan fingerprint density at radius 2 is 0.833 bits per heavy atom. The number of imide groups is 2. The lowest BCUT2D eigenvalue weighted by Crippen LogP contribution is -2.41. The lowest BCUT2D eigenvalue weighted by molar-refractivity contribution is 0.0877. The van der Waals surface area contributed by atoms with Gasteiger partial charge in [0.1, 0.15) is 0 Å². The molecule has 2 heterocycles. The van der Waals surface area contributed by atoms with Gasteiger partial charge in [-0.05, 0) is 115 Å². The maximum Gasteiger partial charge on any atom is 0.265 e. The Balaban J connectivity index is 1.25. The summed E-state index contributed by atoms with van der Waals surface area (Å²) < 4.78 is 0. The van der Waals surface area contributed by atoms with Gasteiger partial charge >= 0.3 is 0 Å². The van der Waals surface area contributed by atoms with Gasteiger partial charge in [-0.25, -0.2) is 9.80 Å². The molecule has 0 unspecified atom stereocenters. The molecular weight excluding hydrogens is 669 g/mol. The van der Waals surface area contributed by atoms with Crippen LogP contribution in [0.25, 0.3) is 43.1 Å². The van der Waals surface area contributed by atoms with Gasteiger partial charge in [-0.15, -0.1) is 0 Å². The topological polar surface area (TPSA) is 74.8 Å². The fourth-order valence-corrected chi connectivity index (χ4v) is 9.02. The van der Waals surface area contributed by atoms with Crippen molar-refractivity contribution in [3.63, 3.8) is 0 Å². The highest BCUT2D eigenvalue weighted by atomic mass is 16.2. The monoisotopic (exact) mass is 710 g/mol. The number of fused-ring (bicyclic) bond motifs is 2. The number of rotatable bonds is 7. The van der Waals surface area contributed by atoms with E-state index < -0.39 is 0 Å². The van der Waals surface area contributed by atoms with Crippen molar-refractivity contribution in [3.8, 4) is 0 Å². The van der Waals surface area contributed by atoms with Crippen LogP contribution in [0.1, 0.15) is 136 Å². The number of nitrogens with zero attached hydrogens (tertiary/aromatic N) is 2. The van der Waals surface area contributed by atoms with Crippen molar-refractivity contribution in [1.82, 2.24) is 0 Å². The first-order chi connectivity index (χ1) is 25.9. The second-order valence-corrected chi connectivity index (χ2v) is 16.0. The lowest BCUT2D eigenvalue weighted by Gasteiger charge is -2.32. The van der Waals surface area contributed by atoms with E-state index in [1.165, 1.54) is 9.80 Å². The summed E-state index contributed by atoms with van der Waals surface area (Å²) in [5, 5.41) is 6.47. The van der Waals surface area contributed by atoms with Crippen LogP contribution >= 0.6 is 0 Å².